The number of aliphatic hydroxyl groups excluding tert-OH is 2. The molecule has 0 amide bonds. The molecule has 0 saturated heterocycles. The van der Waals surface area contributed by atoms with Crippen molar-refractivity contribution in [3.63, 3.8) is 0 Å². The molecule has 0 saturated carbocycles. The van der Waals surface area contributed by atoms with Gasteiger partial charge in [-0.05, 0) is 143 Å². The summed E-state index contributed by atoms with van der Waals surface area (Å²) in [5.41, 5.74) is 13.8. The van der Waals surface area contributed by atoms with Gasteiger partial charge in [0.1, 0.15) is 36.1 Å². The lowest BCUT2D eigenvalue weighted by atomic mass is 9.73. The van der Waals surface area contributed by atoms with Crippen LogP contribution in [0.25, 0.3) is 16.8 Å². The van der Waals surface area contributed by atoms with E-state index < -0.39 is 18.3 Å². The highest BCUT2D eigenvalue weighted by atomic mass is 16.5. The number of Topliss-reactive ketones (excluding diaryl/α,β-unsaturated/α-hetero) is 1. The summed E-state index contributed by atoms with van der Waals surface area (Å²) >= 11 is 0. The number of methoxy groups -OCH3 is 1. The maximum absolute atomic E-state index is 14.1. The quantitative estimate of drug-likeness (QED) is 0.0274. The molecule has 11 heteroatoms. The number of ketones is 1. The minimum absolute atomic E-state index is 0.0121. The number of nitrogens with zero attached hydrogens (tertiary/aromatic N) is 1. The lowest BCUT2D eigenvalue weighted by Crippen LogP contribution is -2.25. The maximum atomic E-state index is 14.1. The Labute approximate surface area is 410 Å². The Morgan fingerprint density at radius 3 is 2.63 bits per heavy atom. The molecule has 0 aromatic heterocycles. The van der Waals surface area contributed by atoms with Gasteiger partial charge in [-0.3, -0.25) is 9.79 Å². The highest BCUT2D eigenvalue weighted by molar-refractivity contribution is 6.01. The summed E-state index contributed by atoms with van der Waals surface area (Å²) in [7, 11) is 3.22. The van der Waals surface area contributed by atoms with Crippen molar-refractivity contribution in [1.29, 1.82) is 0 Å². The third kappa shape index (κ3) is 10.4. The van der Waals surface area contributed by atoms with Gasteiger partial charge in [0.2, 0.25) is 0 Å². The van der Waals surface area contributed by atoms with Crippen molar-refractivity contribution < 1.29 is 39.4 Å². The number of carbonyl (C=O) groups excluding carboxylic acids is 1. The lowest BCUT2D eigenvalue weighted by molar-refractivity contribution is -0.121. The number of aromatic hydroxyl groups is 1. The Bertz CT molecular complexity index is 2940. The molecule has 6 aliphatic rings. The van der Waals surface area contributed by atoms with Crippen molar-refractivity contribution >= 4 is 34.3 Å². The second-order valence-electron chi connectivity index (χ2n) is 19.2. The topological polar surface area (TPSA) is 176 Å². The number of nitrogens with one attached hydrogen (secondary N) is 1. The van der Waals surface area contributed by atoms with Gasteiger partial charge in [0, 0.05) is 54.1 Å². The van der Waals surface area contributed by atoms with Gasteiger partial charge in [0.15, 0.2) is 23.7 Å². The molecule has 10 bridgehead atoms. The van der Waals surface area contributed by atoms with Crippen molar-refractivity contribution in [2.45, 2.75) is 108 Å². The zero-order valence-electron chi connectivity index (χ0n) is 40.2. The fraction of sp³-hybridized carbons (Fsp3) is 0.356. The van der Waals surface area contributed by atoms with Gasteiger partial charge >= 0.3 is 0 Å². The zero-order valence-corrected chi connectivity index (χ0v) is 40.2. The molecule has 5 aromatic rings. The summed E-state index contributed by atoms with van der Waals surface area (Å²) in [4.78, 5) is 18.1. The third-order valence-electron chi connectivity index (χ3n) is 14.7. The number of guanidine groups is 1. The van der Waals surface area contributed by atoms with Crippen LogP contribution in [0.1, 0.15) is 127 Å². The number of hydrogen-bond donors (Lipinski definition) is 6. The van der Waals surface area contributed by atoms with Gasteiger partial charge in [-0.25, -0.2) is 0 Å². The smallest absolute Gasteiger partial charge is 0.192 e. The number of ether oxygens (including phenoxy) is 3. The van der Waals surface area contributed by atoms with Crippen LogP contribution in [0.3, 0.4) is 0 Å². The first-order valence-electron chi connectivity index (χ1n) is 24.6. The Morgan fingerprint density at radius 1 is 0.986 bits per heavy atom. The van der Waals surface area contributed by atoms with Crippen LogP contribution in [0, 0.1) is 23.9 Å². The summed E-state index contributed by atoms with van der Waals surface area (Å²) in [5.74, 6) is 4.00. The van der Waals surface area contributed by atoms with Gasteiger partial charge in [-0.1, -0.05) is 86.0 Å². The van der Waals surface area contributed by atoms with Crippen LogP contribution in [0.15, 0.2) is 119 Å². The average molecular weight is 942 g/mol. The number of anilines is 1. The average Bonchev–Trinajstić information content (AvgIpc) is 3.37. The highest BCUT2D eigenvalue weighted by Crippen LogP contribution is 2.50. The molecule has 0 spiro atoms. The summed E-state index contributed by atoms with van der Waals surface area (Å²) in [5, 5.41) is 51.3. The summed E-state index contributed by atoms with van der Waals surface area (Å²) in [6.45, 7) is 2.06. The van der Waals surface area contributed by atoms with Crippen LogP contribution in [0.4, 0.5) is 5.69 Å². The fourth-order valence-corrected chi connectivity index (χ4v) is 11.0. The number of phenols is 1. The first kappa shape index (κ1) is 48.0. The second kappa shape index (κ2) is 21.3. The van der Waals surface area contributed by atoms with Crippen molar-refractivity contribution in [1.82, 2.24) is 0 Å². The normalized spacial score (nSPS) is 22.4. The molecule has 362 valence electrons. The predicted molar refractivity (Wildman–Crippen MR) is 275 cm³/mol. The molecule has 2 aliphatic carbocycles. The summed E-state index contributed by atoms with van der Waals surface area (Å²) in [6, 6.07) is 27.5. The van der Waals surface area contributed by atoms with Crippen LogP contribution in [0.2, 0.25) is 0 Å². The number of phenolic OH excluding ortho intramolecular Hbond substituents is 1. The predicted octanol–water partition coefficient (Wildman–Crippen LogP) is 10.9. The van der Waals surface area contributed by atoms with E-state index in [-0.39, 0.29) is 66.0 Å². The van der Waals surface area contributed by atoms with Crippen molar-refractivity contribution in [2.24, 2.45) is 22.6 Å². The standard InChI is InChI=1S/C59H63N3O8/c1-35-16-21-46-51-34-70-55-27-37(18-23-54(55)68-3)17-20-43(63)31-44-29-41-30-52(64)40(28-39(41)14-8-7-10-36-11-9-15-42(26-36)62-59(60)61-2)19-22-45(38-12-5-4-6-13-38)47(24-25-69-44)57-50(32-49(51)58(66)67)56(46)48(35)33-53(57)65/h4-6,9,11-13,15-16,18,21,23,26-28,30,32-33,35,39,41,44-45,47,58,64-67H,7-8,10,14,17,19-20,22,29,31,34H2,1-3H3,(H3,60,61,62). The number of unbranched alkanes of at least 4 members (excludes halogenated alkanes) is 1. The van der Waals surface area contributed by atoms with E-state index in [9.17, 15) is 25.2 Å². The number of fused-ring (bicyclic) bond motifs is 8. The molecule has 0 radical (unpaired) electrons. The lowest BCUT2D eigenvalue weighted by Gasteiger charge is -2.31. The molecule has 6 atom stereocenters. The van der Waals surface area contributed by atoms with Crippen LogP contribution < -0.4 is 20.5 Å². The van der Waals surface area contributed by atoms with E-state index in [0.29, 0.717) is 59.7 Å². The maximum Gasteiger partial charge on any atom is 0.192 e. The first-order chi connectivity index (χ1) is 34.0. The Kier molecular flexibility index (Phi) is 14.6. The molecule has 5 aromatic carbocycles. The summed E-state index contributed by atoms with van der Waals surface area (Å²) < 4.78 is 18.9. The fourth-order valence-electron chi connectivity index (χ4n) is 11.0. The third-order valence-corrected chi connectivity index (χ3v) is 14.7. The number of nitrogens with two attached hydrogens (primary N) is 1. The van der Waals surface area contributed by atoms with E-state index in [1.54, 1.807) is 20.2 Å². The van der Waals surface area contributed by atoms with Crippen LogP contribution >= 0.6 is 0 Å². The molecule has 7 N–H and O–H groups in total. The van der Waals surface area contributed by atoms with Crippen molar-refractivity contribution in [2.75, 3.05) is 19.5 Å². The number of aryl methyl sites for hydroxylation is 2. The monoisotopic (exact) mass is 941 g/mol. The van der Waals surface area contributed by atoms with Gasteiger partial charge in [0.25, 0.3) is 0 Å². The Morgan fingerprint density at radius 2 is 1.83 bits per heavy atom. The molecule has 0 fully saturated rings. The number of aliphatic imine (C=N–C) groups is 1. The SMILES string of the molecule is CN=C(N)Nc1cccc(CCCCC2C=C3CCC(c4ccccc4)C4C#COC(CC(=O)CCc5ccc(OC)c(c5)OCc5c(C(O)O)cc6c4c(O)cc4c6c5C=CC4C)CC2C=C3O)c1. The molecule has 11 nitrogen and oxygen atoms in total. The largest absolute Gasteiger partial charge is 0.508 e. The van der Waals surface area contributed by atoms with Gasteiger partial charge in [-0.15, -0.1) is 0 Å². The van der Waals surface area contributed by atoms with E-state index in [1.165, 1.54) is 5.56 Å². The van der Waals surface area contributed by atoms with E-state index in [0.717, 1.165) is 64.6 Å². The molecule has 70 heavy (non-hydrogen) atoms. The number of aliphatic hydroxyl groups is 3. The number of carbonyl (C=O) groups is 1. The number of benzene rings is 5. The minimum Gasteiger partial charge on any atom is -0.508 e. The van der Waals surface area contributed by atoms with Crippen molar-refractivity contribution in [3.8, 4) is 29.3 Å². The number of hydrogen-bond acceptors (Lipinski definition) is 9. The van der Waals surface area contributed by atoms with E-state index in [4.69, 9.17) is 19.9 Å². The van der Waals surface area contributed by atoms with Crippen LogP contribution in [-0.2, 0) is 29.0 Å². The Hall–Kier alpha value is -7.00. The molecule has 6 unspecified atom stereocenters. The first-order valence-corrected chi connectivity index (χ1v) is 24.6. The van der Waals surface area contributed by atoms with Crippen LogP contribution in [0.5, 0.6) is 17.2 Å². The minimum atomic E-state index is -1.88. The highest BCUT2D eigenvalue weighted by Gasteiger charge is 2.35. The Balaban J connectivity index is 1.16. The molecule has 4 aliphatic heterocycles. The molecule has 11 rings (SSSR count). The van der Waals surface area contributed by atoms with E-state index in [1.807, 2.05) is 72.8 Å². The number of allylic oxidation sites excluding steroid dienone is 4. The summed E-state index contributed by atoms with van der Waals surface area (Å²) in [6.07, 6.45) is 14.9. The van der Waals surface area contributed by atoms with Crippen LogP contribution in [-0.4, -0.2) is 52.4 Å². The van der Waals surface area contributed by atoms with Gasteiger partial charge in [-0.2, -0.15) is 0 Å². The van der Waals surface area contributed by atoms with Gasteiger partial charge < -0.3 is 45.7 Å². The van der Waals surface area contributed by atoms with Gasteiger partial charge in [0.05, 0.1) is 13.0 Å². The van der Waals surface area contributed by atoms with E-state index >= 15 is 0 Å². The van der Waals surface area contributed by atoms with Crippen molar-refractivity contribution in [3.05, 3.63) is 159 Å². The molecular weight excluding hydrogens is 879 g/mol. The molecular formula is C59H63N3O8. The zero-order chi connectivity index (χ0) is 48.9. The second-order valence-corrected chi connectivity index (χ2v) is 19.2. The molecule has 4 heterocycles. The number of rotatable bonds is 9. The van der Waals surface area contributed by atoms with E-state index in [2.05, 4.69) is 59.6 Å².